The number of terminal acetylenes is 1. The van der Waals surface area contributed by atoms with E-state index in [1.807, 2.05) is 98.8 Å². The van der Waals surface area contributed by atoms with Gasteiger partial charge in [0, 0.05) is 57.1 Å². The molecule has 2 fully saturated rings. The van der Waals surface area contributed by atoms with Crippen molar-refractivity contribution in [1.29, 1.82) is 0 Å². The molecule has 0 radical (unpaired) electrons. The molecule has 12 heteroatoms. The molecule has 4 atom stereocenters. The monoisotopic (exact) mass is 1160 g/mol. The SMILES string of the molecule is C#Cc1ccc(C)cc1.C/C=C/c1ccc2c(c1)CC2.C=Cc1cccc(C)c1.CN1C(=O)C2C3C=CC(C3)C2C1=O.CN1C(=O)C=C(c2ccccc2)C1=O.CN1C(=O)C=CC1=O.Cc1ccc(N2C(=O)C=CC2=O)cc1.Cc1ccc2c(c1)CC2. The Labute approximate surface area is 511 Å². The number of hydrogen-bond donors (Lipinski definition) is 0. The standard InChI is InChI=1S/2C11H9NO2.C11H12.C10H11NO2.C9H10.C9H8.C9H10.C5H5NO2/c1-8-2-4-9(5-3-8)12-10(13)6-7-11(12)14;1-12-10(13)7-9(11(12)14)8-5-3-2-4-6-8;1-2-3-9-4-5-10-6-7-11(10)8-9;1-11-9(12)7-5-2-3-6(4-5)8(7)10(11)13;1-7-2-3-8-4-5-9(8)6-7;1-3-9-6-4-8(2)5-7-9;1-3-9-6-4-5-8(2)7-9;1-6-4(7)2-3-5(6)8/h2*2-7H,1H3;2-5,8H,6-7H2,1H3;2-3,5-8H,4H2,1H3;2-3,6H,4-5H2,1H3;1,4-7H,2H3;3-7H,1H2,2H3;2-3H,1H3/b;;3-2+;;;;;. The highest BCUT2D eigenvalue weighted by atomic mass is 16.2. The number of carbonyl (C=O) groups excluding carboxylic acids is 8. The van der Waals surface area contributed by atoms with Crippen LogP contribution in [0, 0.1) is 63.7 Å². The van der Waals surface area contributed by atoms with Crippen molar-refractivity contribution in [2.45, 2.75) is 66.7 Å². The van der Waals surface area contributed by atoms with E-state index in [9.17, 15) is 38.4 Å². The van der Waals surface area contributed by atoms with Crippen LogP contribution in [0.5, 0.6) is 0 Å². The zero-order valence-corrected chi connectivity index (χ0v) is 50.7. The van der Waals surface area contributed by atoms with Crippen molar-refractivity contribution in [1.82, 2.24) is 14.7 Å². The number of imide groups is 4. The van der Waals surface area contributed by atoms with E-state index in [2.05, 4.69) is 106 Å². The van der Waals surface area contributed by atoms with Crippen LogP contribution in [0.15, 0.2) is 195 Å². The normalized spacial score (nSPS) is 18.8. The summed E-state index contributed by atoms with van der Waals surface area (Å²) in [5.41, 5.74) is 16.6. The molecule has 4 aliphatic carbocycles. The van der Waals surface area contributed by atoms with Gasteiger partial charge in [0.05, 0.1) is 23.1 Å². The Morgan fingerprint density at radius 1 is 0.494 bits per heavy atom. The molecule has 442 valence electrons. The number of likely N-dealkylation sites (tertiary alicyclic amines) is 1. The number of carbonyl (C=O) groups is 8. The molecule has 1 saturated heterocycles. The third-order valence-corrected chi connectivity index (χ3v) is 15.8. The minimum absolute atomic E-state index is 0.0208. The fourth-order valence-corrected chi connectivity index (χ4v) is 10.5. The molecule has 14 rings (SSSR count). The molecule has 4 unspecified atom stereocenters. The van der Waals surface area contributed by atoms with Crippen molar-refractivity contribution in [3.8, 4) is 12.3 Å². The fourth-order valence-electron chi connectivity index (χ4n) is 10.5. The van der Waals surface area contributed by atoms with Crippen LogP contribution in [0.3, 0.4) is 0 Å². The van der Waals surface area contributed by atoms with Crippen molar-refractivity contribution >= 4 is 70.7 Å². The molecule has 0 N–H and O–H groups in total. The van der Waals surface area contributed by atoms with Crippen molar-refractivity contribution < 1.29 is 38.4 Å². The minimum Gasteiger partial charge on any atom is -0.285 e. The van der Waals surface area contributed by atoms with Gasteiger partial charge in [-0.2, -0.15) is 0 Å². The molecule has 8 aliphatic rings. The third-order valence-electron chi connectivity index (χ3n) is 15.8. The van der Waals surface area contributed by atoms with Crippen LogP contribution < -0.4 is 4.90 Å². The zero-order chi connectivity index (χ0) is 62.9. The summed E-state index contributed by atoms with van der Waals surface area (Å²) in [4.78, 5) is 94.1. The molecule has 87 heavy (non-hydrogen) atoms. The van der Waals surface area contributed by atoms with Gasteiger partial charge >= 0.3 is 0 Å². The summed E-state index contributed by atoms with van der Waals surface area (Å²) < 4.78 is 0. The quantitative estimate of drug-likeness (QED) is 0.0962. The van der Waals surface area contributed by atoms with E-state index in [1.54, 1.807) is 41.4 Å². The number of amides is 8. The Kier molecular flexibility index (Phi) is 22.3. The van der Waals surface area contributed by atoms with E-state index in [0.29, 0.717) is 23.1 Å². The van der Waals surface area contributed by atoms with E-state index in [1.165, 1.54) is 103 Å². The van der Waals surface area contributed by atoms with Gasteiger partial charge in [-0.1, -0.05) is 180 Å². The van der Waals surface area contributed by atoms with E-state index in [0.717, 1.165) is 37.8 Å². The van der Waals surface area contributed by atoms with Crippen LogP contribution in [-0.2, 0) is 64.0 Å². The van der Waals surface area contributed by atoms with Crippen LogP contribution in [0.25, 0.3) is 17.7 Å². The first-order chi connectivity index (χ1) is 41.7. The second-order valence-corrected chi connectivity index (χ2v) is 22.0. The largest absolute Gasteiger partial charge is 0.285 e. The lowest BCUT2D eigenvalue weighted by Gasteiger charge is -2.18. The van der Waals surface area contributed by atoms with Gasteiger partial charge in [0.2, 0.25) is 11.8 Å². The lowest BCUT2D eigenvalue weighted by atomic mass is 9.85. The van der Waals surface area contributed by atoms with E-state index >= 15 is 0 Å². The molecule has 0 aromatic heterocycles. The summed E-state index contributed by atoms with van der Waals surface area (Å²) in [7, 11) is 4.53. The smallest absolute Gasteiger partial charge is 0.261 e. The van der Waals surface area contributed by atoms with Gasteiger partial charge in [-0.3, -0.25) is 53.1 Å². The Balaban J connectivity index is 0.000000143. The van der Waals surface area contributed by atoms with Crippen molar-refractivity contribution in [2.75, 3.05) is 26.0 Å². The molecule has 1 saturated carbocycles. The van der Waals surface area contributed by atoms with E-state index < -0.39 is 0 Å². The second-order valence-electron chi connectivity index (χ2n) is 22.0. The average molecular weight is 1160 g/mol. The summed E-state index contributed by atoms with van der Waals surface area (Å²) >= 11 is 0. The Morgan fingerprint density at radius 2 is 1.00 bits per heavy atom. The molecule has 2 bridgehead atoms. The number of fused-ring (bicyclic) bond motifs is 7. The number of rotatable bonds is 4. The summed E-state index contributed by atoms with van der Waals surface area (Å²) in [6, 6.07) is 46.1. The molecule has 4 heterocycles. The number of hydrogen-bond acceptors (Lipinski definition) is 8. The molecule has 4 aliphatic heterocycles. The van der Waals surface area contributed by atoms with Gasteiger partial charge in [-0.05, 0) is 142 Å². The fraction of sp³-hybridized carbons (Fsp3) is 0.227. The van der Waals surface area contributed by atoms with Crippen LogP contribution in [0.1, 0.15) is 80.1 Å². The number of aryl methyl sites for hydroxylation is 8. The Bertz CT molecular complexity index is 3720. The maximum absolute atomic E-state index is 11.7. The van der Waals surface area contributed by atoms with E-state index in [-0.39, 0.29) is 59.1 Å². The topological polar surface area (TPSA) is 150 Å². The summed E-state index contributed by atoms with van der Waals surface area (Å²) in [5, 5.41) is 0. The number of nitrogens with zero attached hydrogens (tertiary/aromatic N) is 4. The lowest BCUT2D eigenvalue weighted by molar-refractivity contribution is -0.139. The highest BCUT2D eigenvalue weighted by Crippen LogP contribution is 2.52. The first-order valence-corrected chi connectivity index (χ1v) is 29.0. The molecule has 0 spiro atoms. The third kappa shape index (κ3) is 16.6. The summed E-state index contributed by atoms with van der Waals surface area (Å²) in [6.45, 7) is 14.0. The van der Waals surface area contributed by atoms with Gasteiger partial charge < -0.3 is 0 Å². The number of likely N-dealkylation sites (N-methyl/N-ethyl adjacent to an activating group) is 2. The van der Waals surface area contributed by atoms with Gasteiger partial charge in [0.1, 0.15) is 0 Å². The molecule has 6 aromatic rings. The van der Waals surface area contributed by atoms with Crippen LogP contribution in [-0.4, -0.2) is 83.1 Å². The molecular formula is C75H74N4O8. The van der Waals surface area contributed by atoms with Gasteiger partial charge in [0.25, 0.3) is 35.4 Å². The second kappa shape index (κ2) is 30.1. The zero-order valence-electron chi connectivity index (χ0n) is 50.7. The maximum Gasteiger partial charge on any atom is 0.261 e. The molecule has 6 aromatic carbocycles. The van der Waals surface area contributed by atoms with E-state index in [4.69, 9.17) is 6.42 Å². The van der Waals surface area contributed by atoms with Gasteiger partial charge in [0.15, 0.2) is 0 Å². The number of allylic oxidation sites excluding steroid dienone is 3. The van der Waals surface area contributed by atoms with Gasteiger partial charge in [-0.25, -0.2) is 4.90 Å². The van der Waals surface area contributed by atoms with Crippen LogP contribution in [0.4, 0.5) is 5.69 Å². The molecule has 12 nitrogen and oxygen atoms in total. The predicted octanol–water partition coefficient (Wildman–Crippen LogP) is 12.0. The summed E-state index contributed by atoms with van der Waals surface area (Å²) in [6.07, 6.45) is 28.1. The van der Waals surface area contributed by atoms with Crippen molar-refractivity contribution in [3.63, 3.8) is 0 Å². The highest BCUT2D eigenvalue weighted by molar-refractivity contribution is 6.33. The first kappa shape index (κ1) is 64.4. The molecular weight excluding hydrogens is 1080 g/mol. The van der Waals surface area contributed by atoms with Crippen molar-refractivity contribution in [2.24, 2.45) is 23.7 Å². The number of anilines is 1. The Hall–Kier alpha value is -10.1. The van der Waals surface area contributed by atoms with Crippen LogP contribution >= 0.6 is 0 Å². The van der Waals surface area contributed by atoms with Crippen LogP contribution in [0.2, 0.25) is 0 Å². The summed E-state index contributed by atoms with van der Waals surface area (Å²) in [5.74, 6) is 1.74. The van der Waals surface area contributed by atoms with Gasteiger partial charge in [-0.15, -0.1) is 6.42 Å². The number of benzene rings is 6. The maximum atomic E-state index is 11.7. The first-order valence-electron chi connectivity index (χ1n) is 29.0. The van der Waals surface area contributed by atoms with Crippen molar-refractivity contribution in [3.05, 3.63) is 261 Å². The predicted molar refractivity (Wildman–Crippen MR) is 345 cm³/mol. The highest BCUT2D eigenvalue weighted by Gasteiger charge is 2.58. The average Bonchev–Trinajstić information content (AvgIpc) is 1.87. The lowest BCUT2D eigenvalue weighted by Crippen LogP contribution is -2.29. The minimum atomic E-state index is -0.279. The Morgan fingerprint density at radius 3 is 1.43 bits per heavy atom. The molecule has 8 amide bonds.